The van der Waals surface area contributed by atoms with Gasteiger partial charge in [0.2, 0.25) is 5.91 Å². The molecule has 0 saturated carbocycles. The second-order valence-corrected chi connectivity index (χ2v) is 6.91. The van der Waals surface area contributed by atoms with Crippen molar-refractivity contribution in [1.82, 2.24) is 15.1 Å². The zero-order valence-electron chi connectivity index (χ0n) is 15.4. The molecule has 0 aliphatic carbocycles. The number of carbonyl (C=O) groups excluding carboxylic acids is 1. The van der Waals surface area contributed by atoms with Crippen molar-refractivity contribution in [1.29, 1.82) is 5.26 Å². The Labute approximate surface area is 175 Å². The Morgan fingerprint density at radius 1 is 1.28 bits per heavy atom. The van der Waals surface area contributed by atoms with Crippen LogP contribution >= 0.6 is 23.2 Å². The van der Waals surface area contributed by atoms with Gasteiger partial charge < -0.3 is 10.6 Å². The number of aromatic nitrogens is 2. The standard InChI is InChI=1S/C18H18Cl2F3N5O/c1-2-3-5-25-15(29)4-6-26-17-11(9-24)10-27-28(17)16-13(19)7-12(8-14(16)20)18(21,22)23/h7-8,10,26H,2-6H2,1H3,(H,25,29). The van der Waals surface area contributed by atoms with Crippen molar-refractivity contribution < 1.29 is 18.0 Å². The molecule has 0 atom stereocenters. The van der Waals surface area contributed by atoms with E-state index in [1.807, 2.05) is 13.0 Å². The van der Waals surface area contributed by atoms with E-state index in [2.05, 4.69) is 15.7 Å². The lowest BCUT2D eigenvalue weighted by atomic mass is 10.2. The summed E-state index contributed by atoms with van der Waals surface area (Å²) in [6.45, 7) is 2.76. The predicted octanol–water partition coefficient (Wildman–Crippen LogP) is 4.79. The van der Waals surface area contributed by atoms with E-state index in [1.165, 1.54) is 6.20 Å². The largest absolute Gasteiger partial charge is 0.416 e. The number of unbranched alkanes of at least 4 members (excludes halogenated alkanes) is 1. The minimum atomic E-state index is -4.61. The molecule has 1 amide bonds. The molecular weight excluding hydrogens is 430 g/mol. The van der Waals surface area contributed by atoms with Crippen LogP contribution in [0.15, 0.2) is 18.3 Å². The van der Waals surface area contributed by atoms with Crippen molar-refractivity contribution in [3.8, 4) is 11.8 Å². The number of nitrogens with zero attached hydrogens (tertiary/aromatic N) is 3. The van der Waals surface area contributed by atoms with Crippen LogP contribution in [0.1, 0.15) is 37.3 Å². The molecule has 29 heavy (non-hydrogen) atoms. The van der Waals surface area contributed by atoms with Crippen LogP contribution in [0.2, 0.25) is 10.0 Å². The van der Waals surface area contributed by atoms with Gasteiger partial charge in [-0.1, -0.05) is 36.5 Å². The van der Waals surface area contributed by atoms with Crippen LogP contribution in [0.5, 0.6) is 0 Å². The lowest BCUT2D eigenvalue weighted by Gasteiger charge is -2.15. The smallest absolute Gasteiger partial charge is 0.368 e. The number of rotatable bonds is 8. The van der Waals surface area contributed by atoms with E-state index in [1.54, 1.807) is 0 Å². The summed E-state index contributed by atoms with van der Waals surface area (Å²) in [4.78, 5) is 11.8. The van der Waals surface area contributed by atoms with E-state index in [9.17, 15) is 23.2 Å². The van der Waals surface area contributed by atoms with Crippen LogP contribution in [0.25, 0.3) is 5.69 Å². The van der Waals surface area contributed by atoms with E-state index >= 15 is 0 Å². The molecule has 11 heteroatoms. The Bertz CT molecular complexity index is 898. The number of amides is 1. The van der Waals surface area contributed by atoms with Crippen molar-refractivity contribution in [3.05, 3.63) is 39.5 Å². The third-order valence-electron chi connectivity index (χ3n) is 3.94. The van der Waals surface area contributed by atoms with Gasteiger partial charge in [-0.25, -0.2) is 4.68 Å². The highest BCUT2D eigenvalue weighted by atomic mass is 35.5. The lowest BCUT2D eigenvalue weighted by Crippen LogP contribution is -2.26. The summed E-state index contributed by atoms with van der Waals surface area (Å²) in [5, 5.41) is 18.4. The average Bonchev–Trinajstić information content (AvgIpc) is 3.03. The summed E-state index contributed by atoms with van der Waals surface area (Å²) in [5.41, 5.74) is -0.872. The van der Waals surface area contributed by atoms with Gasteiger partial charge >= 0.3 is 6.18 Å². The number of alkyl halides is 3. The summed E-state index contributed by atoms with van der Waals surface area (Å²) in [6.07, 6.45) is -1.42. The Kier molecular flexibility index (Phi) is 7.76. The maximum atomic E-state index is 12.9. The Morgan fingerprint density at radius 3 is 2.48 bits per heavy atom. The molecule has 2 N–H and O–H groups in total. The lowest BCUT2D eigenvalue weighted by molar-refractivity contribution is -0.137. The monoisotopic (exact) mass is 447 g/mol. The third kappa shape index (κ3) is 5.78. The number of benzene rings is 1. The summed E-state index contributed by atoms with van der Waals surface area (Å²) < 4.78 is 40.0. The van der Waals surface area contributed by atoms with Gasteiger partial charge in [0.15, 0.2) is 0 Å². The topological polar surface area (TPSA) is 82.7 Å². The average molecular weight is 448 g/mol. The van der Waals surface area contributed by atoms with Crippen LogP contribution in [0, 0.1) is 11.3 Å². The summed E-state index contributed by atoms with van der Waals surface area (Å²) in [6, 6.07) is 3.40. The number of hydrogen-bond donors (Lipinski definition) is 2. The molecule has 6 nitrogen and oxygen atoms in total. The number of hydrogen-bond acceptors (Lipinski definition) is 4. The van der Waals surface area contributed by atoms with Gasteiger partial charge in [-0.3, -0.25) is 4.79 Å². The molecule has 1 heterocycles. The molecule has 0 fully saturated rings. The van der Waals surface area contributed by atoms with Crippen LogP contribution in [0.4, 0.5) is 19.0 Å². The number of carbonyl (C=O) groups is 1. The van der Waals surface area contributed by atoms with Gasteiger partial charge in [-0.05, 0) is 18.6 Å². The van der Waals surface area contributed by atoms with Crippen LogP contribution in [-0.2, 0) is 11.0 Å². The quantitative estimate of drug-likeness (QED) is 0.569. The van der Waals surface area contributed by atoms with Crippen LogP contribution in [0.3, 0.4) is 0 Å². The van der Waals surface area contributed by atoms with Gasteiger partial charge in [0.25, 0.3) is 0 Å². The Hall–Kier alpha value is -2.44. The predicted molar refractivity (Wildman–Crippen MR) is 104 cm³/mol. The molecule has 1 aromatic heterocycles. The van der Waals surface area contributed by atoms with Gasteiger partial charge in [-0.2, -0.15) is 23.5 Å². The first-order chi connectivity index (χ1) is 13.7. The van der Waals surface area contributed by atoms with Gasteiger partial charge in [0.05, 0.1) is 21.8 Å². The molecule has 0 unspecified atom stereocenters. The van der Waals surface area contributed by atoms with Crippen molar-refractivity contribution in [2.45, 2.75) is 32.4 Å². The van der Waals surface area contributed by atoms with Gasteiger partial charge in [0.1, 0.15) is 23.1 Å². The van der Waals surface area contributed by atoms with Crippen LogP contribution in [-0.4, -0.2) is 28.8 Å². The Morgan fingerprint density at radius 2 is 1.93 bits per heavy atom. The van der Waals surface area contributed by atoms with Gasteiger partial charge in [-0.15, -0.1) is 0 Å². The molecule has 156 valence electrons. The molecule has 0 bridgehead atoms. The third-order valence-corrected chi connectivity index (χ3v) is 4.52. The van der Waals surface area contributed by atoms with Crippen molar-refractivity contribution >= 4 is 34.9 Å². The number of nitriles is 1. The molecule has 0 aliphatic rings. The fraction of sp³-hybridized carbons (Fsp3) is 0.389. The first kappa shape index (κ1) is 22.8. The summed E-state index contributed by atoms with van der Waals surface area (Å²) in [5.74, 6) is 0.0125. The molecular formula is C18H18Cl2F3N5O. The second kappa shape index (κ2) is 9.85. The first-order valence-corrected chi connectivity index (χ1v) is 9.50. The molecule has 0 radical (unpaired) electrons. The van der Waals surface area contributed by atoms with E-state index < -0.39 is 11.7 Å². The SMILES string of the molecule is CCCCNC(=O)CCNc1c(C#N)cnn1-c1c(Cl)cc(C(F)(F)F)cc1Cl. The maximum absolute atomic E-state index is 12.9. The minimum absolute atomic E-state index is 0.00210. The van der Waals surface area contributed by atoms with Crippen molar-refractivity contribution in [2.24, 2.45) is 0 Å². The number of anilines is 1. The zero-order valence-corrected chi connectivity index (χ0v) is 16.9. The molecule has 0 saturated heterocycles. The molecule has 2 aromatic rings. The minimum Gasteiger partial charge on any atom is -0.368 e. The number of nitrogens with one attached hydrogen (secondary N) is 2. The highest BCUT2D eigenvalue weighted by molar-refractivity contribution is 6.38. The zero-order chi connectivity index (χ0) is 21.6. The van der Waals surface area contributed by atoms with E-state index in [4.69, 9.17) is 23.2 Å². The highest BCUT2D eigenvalue weighted by Gasteiger charge is 2.32. The van der Waals surface area contributed by atoms with Crippen molar-refractivity contribution in [3.63, 3.8) is 0 Å². The van der Waals surface area contributed by atoms with E-state index in [-0.39, 0.29) is 46.0 Å². The Balaban J connectivity index is 2.25. The number of halogens is 5. The summed E-state index contributed by atoms with van der Waals surface area (Å²) in [7, 11) is 0. The molecule has 0 aliphatic heterocycles. The maximum Gasteiger partial charge on any atom is 0.416 e. The molecule has 0 spiro atoms. The first-order valence-electron chi connectivity index (χ1n) is 8.74. The molecule has 2 rings (SSSR count). The normalized spacial score (nSPS) is 11.2. The van der Waals surface area contributed by atoms with E-state index in [0.717, 1.165) is 29.7 Å². The second-order valence-electron chi connectivity index (χ2n) is 6.10. The summed E-state index contributed by atoms with van der Waals surface area (Å²) >= 11 is 12.1. The molecule has 1 aromatic carbocycles. The fourth-order valence-electron chi connectivity index (χ4n) is 2.49. The highest BCUT2D eigenvalue weighted by Crippen LogP contribution is 2.38. The van der Waals surface area contributed by atoms with Crippen molar-refractivity contribution in [2.75, 3.05) is 18.4 Å². The van der Waals surface area contributed by atoms with E-state index in [0.29, 0.717) is 6.54 Å². The fourth-order valence-corrected chi connectivity index (χ4v) is 3.14. The van der Waals surface area contributed by atoms with Crippen LogP contribution < -0.4 is 10.6 Å². The van der Waals surface area contributed by atoms with Gasteiger partial charge in [0, 0.05) is 19.5 Å².